The molecule has 0 bridgehead atoms. The molecule has 1 unspecified atom stereocenters. The molecule has 0 aromatic heterocycles. The molecular formula is C12H20OSi. The van der Waals surface area contributed by atoms with E-state index < -0.39 is 9.04 Å². The molecule has 14 heavy (non-hydrogen) atoms. The van der Waals surface area contributed by atoms with Gasteiger partial charge in [-0.25, -0.2) is 0 Å². The first-order valence-electron chi connectivity index (χ1n) is 5.43. The van der Waals surface area contributed by atoms with Crippen molar-refractivity contribution < 1.29 is 4.43 Å². The molecular weight excluding hydrogens is 188 g/mol. The van der Waals surface area contributed by atoms with Crippen molar-refractivity contribution >= 4 is 9.04 Å². The minimum absolute atomic E-state index is 0.883. The Labute approximate surface area is 88.8 Å². The molecule has 2 heteroatoms. The van der Waals surface area contributed by atoms with Gasteiger partial charge in [0.1, 0.15) is 0 Å². The van der Waals surface area contributed by atoms with E-state index >= 15 is 0 Å². The standard InChI is InChI=1S/C12H20OSi/c1-3-10-14(13-2)11-9-12-7-5-4-6-8-12/h4-8,14H,3,9-11H2,1-2H3. The number of hydrogen-bond donors (Lipinski definition) is 0. The van der Waals surface area contributed by atoms with Crippen molar-refractivity contribution in [2.75, 3.05) is 7.11 Å². The highest BCUT2D eigenvalue weighted by molar-refractivity contribution is 6.51. The molecule has 0 saturated heterocycles. The van der Waals surface area contributed by atoms with E-state index in [2.05, 4.69) is 37.3 Å². The van der Waals surface area contributed by atoms with Crippen LogP contribution in [0.4, 0.5) is 0 Å². The summed E-state index contributed by atoms with van der Waals surface area (Å²) in [4.78, 5) is 0. The minimum atomic E-state index is -0.883. The summed E-state index contributed by atoms with van der Waals surface area (Å²) in [6.07, 6.45) is 2.45. The van der Waals surface area contributed by atoms with Gasteiger partial charge >= 0.3 is 0 Å². The first-order chi connectivity index (χ1) is 6.86. The predicted octanol–water partition coefficient (Wildman–Crippen LogP) is 3.01. The average molecular weight is 208 g/mol. The van der Waals surface area contributed by atoms with Gasteiger partial charge in [-0.05, 0) is 24.1 Å². The third-order valence-corrected chi connectivity index (χ3v) is 5.36. The SMILES string of the molecule is CCC[SiH](CCc1ccccc1)OC. The second kappa shape index (κ2) is 6.79. The summed E-state index contributed by atoms with van der Waals surface area (Å²) in [5.74, 6) is 0. The highest BCUT2D eigenvalue weighted by atomic mass is 28.3. The van der Waals surface area contributed by atoms with E-state index in [9.17, 15) is 0 Å². The summed E-state index contributed by atoms with van der Waals surface area (Å²) >= 11 is 0. The predicted molar refractivity (Wildman–Crippen MR) is 64.2 cm³/mol. The smallest absolute Gasteiger partial charge is 0.176 e. The van der Waals surface area contributed by atoms with Crippen LogP contribution in [-0.2, 0) is 10.8 Å². The van der Waals surface area contributed by atoms with Gasteiger partial charge in [0.25, 0.3) is 0 Å². The van der Waals surface area contributed by atoms with E-state index in [1.807, 2.05) is 7.11 Å². The van der Waals surface area contributed by atoms with Crippen molar-refractivity contribution in [3.63, 3.8) is 0 Å². The lowest BCUT2D eigenvalue weighted by Crippen LogP contribution is -2.15. The van der Waals surface area contributed by atoms with Crippen LogP contribution < -0.4 is 0 Å². The zero-order valence-corrected chi connectivity index (χ0v) is 10.4. The van der Waals surface area contributed by atoms with Crippen LogP contribution in [0.25, 0.3) is 0 Å². The van der Waals surface area contributed by atoms with Gasteiger partial charge < -0.3 is 4.43 Å². The van der Waals surface area contributed by atoms with E-state index in [-0.39, 0.29) is 0 Å². The van der Waals surface area contributed by atoms with Gasteiger partial charge in [-0.15, -0.1) is 0 Å². The molecule has 1 aromatic rings. The van der Waals surface area contributed by atoms with Gasteiger partial charge in [0, 0.05) is 7.11 Å². The Bertz CT molecular complexity index is 235. The normalized spacial score (nSPS) is 12.7. The fourth-order valence-electron chi connectivity index (χ4n) is 1.67. The molecule has 0 fully saturated rings. The van der Waals surface area contributed by atoms with Crippen molar-refractivity contribution in [2.45, 2.75) is 31.9 Å². The number of benzene rings is 1. The largest absolute Gasteiger partial charge is 0.423 e. The van der Waals surface area contributed by atoms with E-state index in [4.69, 9.17) is 4.43 Å². The number of aryl methyl sites for hydroxylation is 1. The molecule has 0 aliphatic rings. The quantitative estimate of drug-likeness (QED) is 0.653. The Morgan fingerprint density at radius 1 is 1.14 bits per heavy atom. The maximum Gasteiger partial charge on any atom is 0.176 e. The molecule has 0 N–H and O–H groups in total. The molecule has 1 nitrogen and oxygen atoms in total. The van der Waals surface area contributed by atoms with Gasteiger partial charge in [-0.2, -0.15) is 0 Å². The van der Waals surface area contributed by atoms with E-state index in [0.717, 1.165) is 0 Å². The molecule has 1 aromatic carbocycles. The van der Waals surface area contributed by atoms with Crippen LogP contribution >= 0.6 is 0 Å². The summed E-state index contributed by atoms with van der Waals surface area (Å²) < 4.78 is 5.55. The molecule has 1 rings (SSSR count). The van der Waals surface area contributed by atoms with Gasteiger partial charge in [-0.3, -0.25) is 0 Å². The van der Waals surface area contributed by atoms with Crippen molar-refractivity contribution in [1.82, 2.24) is 0 Å². The van der Waals surface area contributed by atoms with Crippen LogP contribution in [-0.4, -0.2) is 16.2 Å². The summed E-state index contributed by atoms with van der Waals surface area (Å²) in [6, 6.07) is 13.3. The van der Waals surface area contributed by atoms with Crippen LogP contribution in [0.3, 0.4) is 0 Å². The van der Waals surface area contributed by atoms with Crippen molar-refractivity contribution in [2.24, 2.45) is 0 Å². The summed E-state index contributed by atoms with van der Waals surface area (Å²) in [7, 11) is 0.990. The molecule has 1 atom stereocenters. The molecule has 0 aliphatic carbocycles. The van der Waals surface area contributed by atoms with E-state index in [1.165, 1.54) is 30.5 Å². The Hall–Kier alpha value is -0.603. The molecule has 0 aliphatic heterocycles. The highest BCUT2D eigenvalue weighted by Gasteiger charge is 2.08. The van der Waals surface area contributed by atoms with E-state index in [1.54, 1.807) is 0 Å². The second-order valence-corrected chi connectivity index (χ2v) is 6.54. The maximum absolute atomic E-state index is 5.55. The molecule has 0 saturated carbocycles. The highest BCUT2D eigenvalue weighted by Crippen LogP contribution is 2.09. The number of hydrogen-bond acceptors (Lipinski definition) is 1. The first kappa shape index (κ1) is 11.5. The van der Waals surface area contributed by atoms with Gasteiger partial charge in [0.2, 0.25) is 0 Å². The first-order valence-corrected chi connectivity index (χ1v) is 7.54. The van der Waals surface area contributed by atoms with Crippen LogP contribution in [0.15, 0.2) is 30.3 Å². The van der Waals surface area contributed by atoms with Crippen molar-refractivity contribution in [3.8, 4) is 0 Å². The average Bonchev–Trinajstić information content (AvgIpc) is 2.25. The third kappa shape index (κ3) is 4.07. The zero-order valence-electron chi connectivity index (χ0n) is 9.20. The lowest BCUT2D eigenvalue weighted by molar-refractivity contribution is 0.416. The van der Waals surface area contributed by atoms with Crippen LogP contribution in [0.1, 0.15) is 18.9 Å². The molecule has 0 heterocycles. The maximum atomic E-state index is 5.55. The van der Waals surface area contributed by atoms with E-state index in [0.29, 0.717) is 0 Å². The Kier molecular flexibility index (Phi) is 5.57. The topological polar surface area (TPSA) is 9.23 Å². The molecule has 78 valence electrons. The Morgan fingerprint density at radius 3 is 2.43 bits per heavy atom. The molecule has 0 amide bonds. The summed E-state index contributed by atoms with van der Waals surface area (Å²) in [5.41, 5.74) is 1.44. The Balaban J connectivity index is 2.32. The summed E-state index contributed by atoms with van der Waals surface area (Å²) in [6.45, 7) is 2.24. The van der Waals surface area contributed by atoms with Crippen molar-refractivity contribution in [1.29, 1.82) is 0 Å². The molecule has 0 spiro atoms. The lowest BCUT2D eigenvalue weighted by atomic mass is 10.2. The fourth-order valence-corrected chi connectivity index (χ4v) is 3.73. The van der Waals surface area contributed by atoms with Gasteiger partial charge in [0.05, 0.1) is 0 Å². The third-order valence-electron chi connectivity index (χ3n) is 2.54. The van der Waals surface area contributed by atoms with Crippen LogP contribution in [0.2, 0.25) is 12.1 Å². The van der Waals surface area contributed by atoms with Crippen LogP contribution in [0, 0.1) is 0 Å². The zero-order chi connectivity index (χ0) is 10.2. The van der Waals surface area contributed by atoms with Gasteiger partial charge in [-0.1, -0.05) is 43.7 Å². The second-order valence-electron chi connectivity index (χ2n) is 3.67. The summed E-state index contributed by atoms with van der Waals surface area (Å²) in [5, 5.41) is 0. The Morgan fingerprint density at radius 2 is 1.86 bits per heavy atom. The fraction of sp³-hybridized carbons (Fsp3) is 0.500. The van der Waals surface area contributed by atoms with Crippen molar-refractivity contribution in [3.05, 3.63) is 35.9 Å². The van der Waals surface area contributed by atoms with Gasteiger partial charge in [0.15, 0.2) is 9.04 Å². The van der Waals surface area contributed by atoms with Crippen LogP contribution in [0.5, 0.6) is 0 Å². The molecule has 0 radical (unpaired) electrons. The monoisotopic (exact) mass is 208 g/mol. The number of rotatable bonds is 6. The minimum Gasteiger partial charge on any atom is -0.423 e. The lowest BCUT2D eigenvalue weighted by Gasteiger charge is -2.11.